The van der Waals surface area contributed by atoms with Crippen LogP contribution in [-0.4, -0.2) is 35.7 Å². The summed E-state index contributed by atoms with van der Waals surface area (Å²) in [5, 5.41) is 16.4. The number of hydrogen-bond donors (Lipinski definition) is 3. The Balaban J connectivity index is 1.77. The van der Waals surface area contributed by atoms with Crippen LogP contribution in [0.3, 0.4) is 0 Å². The van der Waals surface area contributed by atoms with Gasteiger partial charge in [-0.15, -0.1) is 0 Å². The van der Waals surface area contributed by atoms with Crippen molar-refractivity contribution in [3.05, 3.63) is 0 Å². The fourth-order valence-corrected chi connectivity index (χ4v) is 3.82. The third-order valence-corrected chi connectivity index (χ3v) is 4.98. The van der Waals surface area contributed by atoms with E-state index in [-0.39, 0.29) is 5.91 Å². The van der Waals surface area contributed by atoms with E-state index in [0.29, 0.717) is 30.7 Å². The highest BCUT2D eigenvalue weighted by atomic mass is 16.3. The Hall–Kier alpha value is -0.610. The zero-order valence-electron chi connectivity index (χ0n) is 12.7. The number of hydrogen-bond acceptors (Lipinski definition) is 3. The third kappa shape index (κ3) is 4.74. The van der Waals surface area contributed by atoms with E-state index in [1.54, 1.807) is 6.92 Å². The minimum atomic E-state index is 0.0884. The first-order valence-electron chi connectivity index (χ1n) is 8.33. The topological polar surface area (TPSA) is 61.4 Å². The molecule has 0 aliphatic heterocycles. The van der Waals surface area contributed by atoms with Crippen LogP contribution in [0.2, 0.25) is 0 Å². The molecular formula is C16H30N2O2. The van der Waals surface area contributed by atoms with Gasteiger partial charge in [0.1, 0.15) is 0 Å². The lowest BCUT2D eigenvalue weighted by molar-refractivity contribution is -0.119. The molecule has 0 heterocycles. The first-order chi connectivity index (χ1) is 9.69. The molecular weight excluding hydrogens is 252 g/mol. The number of amides is 1. The van der Waals surface area contributed by atoms with Crippen molar-refractivity contribution in [3.8, 4) is 0 Å². The van der Waals surface area contributed by atoms with Gasteiger partial charge in [-0.3, -0.25) is 4.79 Å². The van der Waals surface area contributed by atoms with E-state index >= 15 is 0 Å². The highest BCUT2D eigenvalue weighted by Crippen LogP contribution is 2.26. The van der Waals surface area contributed by atoms with Crippen LogP contribution >= 0.6 is 0 Å². The van der Waals surface area contributed by atoms with Gasteiger partial charge in [-0.2, -0.15) is 0 Å². The molecule has 0 unspecified atom stereocenters. The first-order valence-corrected chi connectivity index (χ1v) is 8.33. The second kappa shape index (κ2) is 7.99. The average molecular weight is 282 g/mol. The van der Waals surface area contributed by atoms with Gasteiger partial charge in [0.15, 0.2) is 0 Å². The number of aliphatic hydroxyl groups excluding tert-OH is 1. The van der Waals surface area contributed by atoms with Crippen molar-refractivity contribution >= 4 is 5.91 Å². The van der Waals surface area contributed by atoms with Crippen molar-refractivity contribution in [1.82, 2.24) is 10.6 Å². The van der Waals surface area contributed by atoms with Gasteiger partial charge < -0.3 is 15.7 Å². The van der Waals surface area contributed by atoms with Gasteiger partial charge in [-0.1, -0.05) is 19.3 Å². The van der Waals surface area contributed by atoms with Gasteiger partial charge in [0, 0.05) is 31.7 Å². The molecule has 0 aromatic carbocycles. The fraction of sp³-hybridized carbons (Fsp3) is 0.938. The van der Waals surface area contributed by atoms with Crippen LogP contribution in [0.25, 0.3) is 0 Å². The minimum Gasteiger partial charge on any atom is -0.396 e. The first kappa shape index (κ1) is 15.8. The van der Waals surface area contributed by atoms with Gasteiger partial charge >= 0.3 is 0 Å². The predicted octanol–water partition coefficient (Wildman–Crippen LogP) is 1.96. The number of aliphatic hydroxyl groups is 1. The zero-order chi connectivity index (χ0) is 14.4. The van der Waals surface area contributed by atoms with E-state index in [1.807, 2.05) is 0 Å². The molecule has 2 aliphatic rings. The quantitative estimate of drug-likeness (QED) is 0.691. The summed E-state index contributed by atoms with van der Waals surface area (Å²) in [4.78, 5) is 11.1. The largest absolute Gasteiger partial charge is 0.396 e. The van der Waals surface area contributed by atoms with Gasteiger partial charge in [0.05, 0.1) is 0 Å². The molecule has 4 heteroatoms. The lowest BCUT2D eigenvalue weighted by Crippen LogP contribution is -2.47. The maximum absolute atomic E-state index is 11.1. The van der Waals surface area contributed by atoms with E-state index in [9.17, 15) is 9.90 Å². The van der Waals surface area contributed by atoms with Crippen LogP contribution in [0.5, 0.6) is 0 Å². The van der Waals surface area contributed by atoms with Crippen molar-refractivity contribution in [2.45, 2.75) is 82.8 Å². The molecule has 116 valence electrons. The summed E-state index contributed by atoms with van der Waals surface area (Å²) in [5.41, 5.74) is 0. The Labute approximate surface area is 122 Å². The van der Waals surface area contributed by atoms with Crippen molar-refractivity contribution < 1.29 is 9.90 Å². The lowest BCUT2D eigenvalue weighted by atomic mass is 9.88. The van der Waals surface area contributed by atoms with Gasteiger partial charge in [-0.25, -0.2) is 0 Å². The lowest BCUT2D eigenvalue weighted by Gasteiger charge is -2.34. The van der Waals surface area contributed by atoms with Crippen LogP contribution < -0.4 is 10.6 Å². The molecule has 0 aromatic heterocycles. The van der Waals surface area contributed by atoms with E-state index in [1.165, 1.54) is 25.7 Å². The number of carbonyl (C=O) groups is 1. The van der Waals surface area contributed by atoms with Crippen LogP contribution in [0.15, 0.2) is 0 Å². The summed E-state index contributed by atoms with van der Waals surface area (Å²) in [6, 6.07) is 1.43. The van der Waals surface area contributed by atoms with Crippen LogP contribution in [0.1, 0.15) is 64.7 Å². The van der Waals surface area contributed by atoms with E-state index in [0.717, 1.165) is 32.1 Å². The summed E-state index contributed by atoms with van der Waals surface area (Å²) in [6.07, 6.45) is 10.7. The molecule has 0 aromatic rings. The van der Waals surface area contributed by atoms with Crippen LogP contribution in [0, 0.1) is 5.92 Å². The molecule has 0 saturated heterocycles. The van der Waals surface area contributed by atoms with Crippen molar-refractivity contribution in [1.29, 1.82) is 0 Å². The third-order valence-electron chi connectivity index (χ3n) is 4.98. The maximum atomic E-state index is 11.1. The highest BCUT2D eigenvalue weighted by Gasteiger charge is 2.28. The predicted molar refractivity (Wildman–Crippen MR) is 80.4 cm³/mol. The Morgan fingerprint density at radius 1 is 1.00 bits per heavy atom. The monoisotopic (exact) mass is 282 g/mol. The van der Waals surface area contributed by atoms with Crippen molar-refractivity contribution in [3.63, 3.8) is 0 Å². The standard InChI is InChI=1S/C16H30N2O2/c1-12(20)17-14-7-9-15(10-8-14)18-16-6-4-2-3-5-13(16)11-19/h13-16,18-19H,2-11H2,1H3,(H,17,20)/t13-,14?,15?,16+/m0/s1. The summed E-state index contributed by atoms with van der Waals surface area (Å²) >= 11 is 0. The molecule has 2 saturated carbocycles. The smallest absolute Gasteiger partial charge is 0.217 e. The maximum Gasteiger partial charge on any atom is 0.217 e. The summed E-state index contributed by atoms with van der Waals surface area (Å²) in [7, 11) is 0. The average Bonchev–Trinajstić information content (AvgIpc) is 2.65. The van der Waals surface area contributed by atoms with Crippen LogP contribution in [0.4, 0.5) is 0 Å². The SMILES string of the molecule is CC(=O)NC1CCC(N[C@@H]2CCCCC[C@H]2CO)CC1. The molecule has 2 aliphatic carbocycles. The molecule has 2 rings (SSSR count). The van der Waals surface area contributed by atoms with E-state index in [2.05, 4.69) is 10.6 Å². The Kier molecular flexibility index (Phi) is 6.30. The highest BCUT2D eigenvalue weighted by molar-refractivity contribution is 5.73. The molecule has 1 amide bonds. The summed E-state index contributed by atoms with van der Waals surface area (Å²) in [5.74, 6) is 0.524. The fourth-order valence-electron chi connectivity index (χ4n) is 3.82. The molecule has 2 fully saturated rings. The Morgan fingerprint density at radius 3 is 2.30 bits per heavy atom. The number of carbonyl (C=O) groups excluding carboxylic acids is 1. The summed E-state index contributed by atoms with van der Waals surface area (Å²) in [6.45, 7) is 1.92. The summed E-state index contributed by atoms with van der Waals surface area (Å²) < 4.78 is 0. The Bertz CT molecular complexity index is 301. The van der Waals surface area contributed by atoms with Gasteiger partial charge in [-0.05, 0) is 44.4 Å². The number of nitrogens with one attached hydrogen (secondary N) is 2. The van der Waals surface area contributed by atoms with E-state index < -0.39 is 0 Å². The van der Waals surface area contributed by atoms with Crippen molar-refractivity contribution in [2.24, 2.45) is 5.92 Å². The normalized spacial score (nSPS) is 35.3. The Morgan fingerprint density at radius 2 is 1.65 bits per heavy atom. The van der Waals surface area contributed by atoms with E-state index in [4.69, 9.17) is 0 Å². The van der Waals surface area contributed by atoms with Crippen LogP contribution in [-0.2, 0) is 4.79 Å². The second-order valence-electron chi connectivity index (χ2n) is 6.60. The molecule has 3 N–H and O–H groups in total. The molecule has 0 spiro atoms. The number of rotatable bonds is 4. The molecule has 4 nitrogen and oxygen atoms in total. The zero-order valence-corrected chi connectivity index (χ0v) is 12.7. The molecule has 0 bridgehead atoms. The minimum absolute atomic E-state index is 0.0884. The second-order valence-corrected chi connectivity index (χ2v) is 6.60. The molecule has 2 atom stereocenters. The van der Waals surface area contributed by atoms with Gasteiger partial charge in [0.2, 0.25) is 5.91 Å². The van der Waals surface area contributed by atoms with Crippen molar-refractivity contribution in [2.75, 3.05) is 6.61 Å². The molecule has 20 heavy (non-hydrogen) atoms. The van der Waals surface area contributed by atoms with Gasteiger partial charge in [0.25, 0.3) is 0 Å². The molecule has 0 radical (unpaired) electrons.